The van der Waals surface area contributed by atoms with Crippen molar-refractivity contribution in [1.82, 2.24) is 14.1 Å². The van der Waals surface area contributed by atoms with Crippen LogP contribution in [0.15, 0.2) is 56.5 Å². The van der Waals surface area contributed by atoms with Gasteiger partial charge < -0.3 is 14.8 Å². The van der Waals surface area contributed by atoms with Crippen molar-refractivity contribution >= 4 is 33.5 Å². The van der Waals surface area contributed by atoms with E-state index in [2.05, 4.69) is 26.2 Å². The van der Waals surface area contributed by atoms with Crippen molar-refractivity contribution in [3.63, 3.8) is 0 Å². The van der Waals surface area contributed by atoms with Crippen LogP contribution < -0.4 is 21.4 Å². The van der Waals surface area contributed by atoms with Crippen molar-refractivity contribution < 1.29 is 14.3 Å². The Kier molecular flexibility index (Phi) is 7.35. The number of aryl methyl sites for hydroxylation is 1. The van der Waals surface area contributed by atoms with Gasteiger partial charge in [0.15, 0.2) is 0 Å². The second-order valence-corrected chi connectivity index (χ2v) is 10.3. The summed E-state index contributed by atoms with van der Waals surface area (Å²) >= 11 is 3.42. The standard InChI is InChI=1S/C26H29BrN4O5/c1-16(2)36-21-10-9-20(13-17(21)3)28-23-29-24(33)31(15-26(11-12-26)22(32)35-4)25(34)30(23)14-18-5-7-19(27)8-6-18/h5-10,13,16H,11-12,14-15H2,1-4H3,(H,28,29,33). The molecule has 0 aliphatic heterocycles. The van der Waals surface area contributed by atoms with Crippen LogP contribution in [0.2, 0.25) is 0 Å². The number of hydrogen-bond donors (Lipinski definition) is 1. The van der Waals surface area contributed by atoms with E-state index in [4.69, 9.17) is 9.47 Å². The van der Waals surface area contributed by atoms with Crippen LogP contribution in [0.3, 0.4) is 0 Å². The summed E-state index contributed by atoms with van der Waals surface area (Å²) in [5, 5.41) is 3.13. The summed E-state index contributed by atoms with van der Waals surface area (Å²) in [6, 6.07) is 13.0. The molecule has 1 aliphatic rings. The van der Waals surface area contributed by atoms with Gasteiger partial charge in [0.05, 0.1) is 25.2 Å². The Labute approximate surface area is 217 Å². The van der Waals surface area contributed by atoms with Crippen LogP contribution in [0.1, 0.15) is 37.8 Å². The van der Waals surface area contributed by atoms with Gasteiger partial charge in [-0.15, -0.1) is 0 Å². The first-order valence-corrected chi connectivity index (χ1v) is 12.5. The van der Waals surface area contributed by atoms with E-state index in [0.29, 0.717) is 18.5 Å². The molecule has 0 amide bonds. The van der Waals surface area contributed by atoms with E-state index in [1.165, 1.54) is 11.7 Å². The number of ether oxygens (including phenoxy) is 2. The molecular formula is C26H29BrN4O5. The summed E-state index contributed by atoms with van der Waals surface area (Å²) in [6.45, 7) is 5.95. The molecule has 0 spiro atoms. The zero-order valence-electron chi connectivity index (χ0n) is 20.7. The first-order valence-electron chi connectivity index (χ1n) is 11.7. The highest BCUT2D eigenvalue weighted by Crippen LogP contribution is 2.47. The van der Waals surface area contributed by atoms with Crippen LogP contribution in [-0.2, 0) is 22.6 Å². The SMILES string of the molecule is COC(=O)C1(Cn2c(=O)nc(Nc3ccc(OC(C)C)c(C)c3)n(Cc3ccc(Br)cc3)c2=O)CC1. The third kappa shape index (κ3) is 5.53. The second-order valence-electron chi connectivity index (χ2n) is 9.34. The molecule has 36 heavy (non-hydrogen) atoms. The molecule has 0 unspecified atom stereocenters. The maximum atomic E-state index is 13.6. The van der Waals surface area contributed by atoms with Gasteiger partial charge in [0.25, 0.3) is 0 Å². The fourth-order valence-electron chi connectivity index (χ4n) is 4.01. The van der Waals surface area contributed by atoms with Gasteiger partial charge in [-0.25, -0.2) is 14.2 Å². The quantitative estimate of drug-likeness (QED) is 0.397. The zero-order chi connectivity index (χ0) is 26.0. The van der Waals surface area contributed by atoms with Crippen LogP contribution in [0, 0.1) is 12.3 Å². The molecule has 0 bridgehead atoms. The molecule has 2 aromatic carbocycles. The van der Waals surface area contributed by atoms with Crippen molar-refractivity contribution in [2.45, 2.75) is 52.8 Å². The molecule has 10 heteroatoms. The Hall–Kier alpha value is -3.40. The molecule has 3 aromatic rings. The second kappa shape index (κ2) is 10.3. The van der Waals surface area contributed by atoms with Gasteiger partial charge in [-0.3, -0.25) is 9.36 Å². The van der Waals surface area contributed by atoms with Gasteiger partial charge in [-0.2, -0.15) is 4.98 Å². The molecule has 1 heterocycles. The number of nitrogens with zero attached hydrogens (tertiary/aromatic N) is 3. The molecule has 1 aliphatic carbocycles. The lowest BCUT2D eigenvalue weighted by atomic mass is 10.1. The molecular weight excluding hydrogens is 528 g/mol. The van der Waals surface area contributed by atoms with Gasteiger partial charge in [0.1, 0.15) is 5.75 Å². The first-order chi connectivity index (χ1) is 17.1. The number of carbonyl (C=O) groups is 1. The third-order valence-electron chi connectivity index (χ3n) is 6.13. The van der Waals surface area contributed by atoms with Gasteiger partial charge in [-0.1, -0.05) is 28.1 Å². The van der Waals surface area contributed by atoms with Crippen molar-refractivity contribution in [3.05, 3.63) is 79.0 Å². The number of hydrogen-bond acceptors (Lipinski definition) is 7. The average Bonchev–Trinajstić information content (AvgIpc) is 3.62. The molecule has 0 radical (unpaired) electrons. The summed E-state index contributed by atoms with van der Waals surface area (Å²) in [7, 11) is 1.31. The van der Waals surface area contributed by atoms with E-state index < -0.39 is 22.8 Å². The van der Waals surface area contributed by atoms with Gasteiger partial charge >= 0.3 is 17.3 Å². The summed E-state index contributed by atoms with van der Waals surface area (Å²) in [5.74, 6) is 0.447. The molecule has 1 saturated carbocycles. The predicted molar refractivity (Wildman–Crippen MR) is 140 cm³/mol. The number of rotatable bonds is 9. The molecule has 0 saturated heterocycles. The summed E-state index contributed by atoms with van der Waals surface area (Å²) in [5.41, 5.74) is 0.283. The van der Waals surface area contributed by atoms with Crippen LogP contribution in [0.4, 0.5) is 11.6 Å². The van der Waals surface area contributed by atoms with Gasteiger partial charge in [-0.05, 0) is 75.1 Å². The Morgan fingerprint density at radius 1 is 1.14 bits per heavy atom. The van der Waals surface area contributed by atoms with Crippen molar-refractivity contribution in [1.29, 1.82) is 0 Å². The van der Waals surface area contributed by atoms with E-state index in [-0.39, 0.29) is 25.1 Å². The minimum atomic E-state index is -0.854. The van der Waals surface area contributed by atoms with Crippen molar-refractivity contribution in [2.75, 3.05) is 12.4 Å². The fraction of sp³-hybridized carbons (Fsp3) is 0.385. The normalized spacial score (nSPS) is 13.9. The van der Waals surface area contributed by atoms with E-state index in [0.717, 1.165) is 25.9 Å². The minimum absolute atomic E-state index is 0.0348. The maximum absolute atomic E-state index is 13.6. The largest absolute Gasteiger partial charge is 0.491 e. The van der Waals surface area contributed by atoms with Crippen LogP contribution in [0.5, 0.6) is 5.75 Å². The maximum Gasteiger partial charge on any atom is 0.354 e. The third-order valence-corrected chi connectivity index (χ3v) is 6.66. The highest BCUT2D eigenvalue weighted by molar-refractivity contribution is 9.10. The number of anilines is 2. The van der Waals surface area contributed by atoms with Crippen LogP contribution in [0.25, 0.3) is 0 Å². The van der Waals surface area contributed by atoms with Crippen LogP contribution in [-0.4, -0.2) is 33.3 Å². The van der Waals surface area contributed by atoms with Gasteiger partial charge in [0, 0.05) is 16.7 Å². The summed E-state index contributed by atoms with van der Waals surface area (Å²) in [6.07, 6.45) is 1.15. The number of benzene rings is 2. The average molecular weight is 557 g/mol. The van der Waals surface area contributed by atoms with Gasteiger partial charge in [0.2, 0.25) is 5.95 Å². The highest BCUT2D eigenvalue weighted by atomic mass is 79.9. The fourth-order valence-corrected chi connectivity index (χ4v) is 4.28. The zero-order valence-corrected chi connectivity index (χ0v) is 22.3. The summed E-state index contributed by atoms with van der Waals surface area (Å²) < 4.78 is 14.1. The van der Waals surface area contributed by atoms with E-state index >= 15 is 0 Å². The lowest BCUT2D eigenvalue weighted by molar-refractivity contribution is -0.147. The predicted octanol–water partition coefficient (Wildman–Crippen LogP) is 4.01. The van der Waals surface area contributed by atoms with Crippen molar-refractivity contribution in [2.24, 2.45) is 5.41 Å². The number of nitrogens with one attached hydrogen (secondary N) is 1. The molecule has 1 fully saturated rings. The van der Waals surface area contributed by atoms with Crippen molar-refractivity contribution in [3.8, 4) is 5.75 Å². The Bertz CT molecular complexity index is 1390. The Balaban J connectivity index is 1.74. The van der Waals surface area contributed by atoms with E-state index in [9.17, 15) is 14.4 Å². The molecule has 1 N–H and O–H groups in total. The number of halogens is 1. The molecule has 4 rings (SSSR count). The minimum Gasteiger partial charge on any atom is -0.491 e. The number of methoxy groups -OCH3 is 1. The number of carbonyl (C=O) groups excluding carboxylic acids is 1. The number of aromatic nitrogens is 3. The molecule has 1 aromatic heterocycles. The molecule has 190 valence electrons. The lowest BCUT2D eigenvalue weighted by Gasteiger charge is -2.19. The first kappa shape index (κ1) is 25.7. The topological polar surface area (TPSA) is 104 Å². The van der Waals surface area contributed by atoms with Crippen LogP contribution >= 0.6 is 15.9 Å². The lowest BCUT2D eigenvalue weighted by Crippen LogP contribution is -2.45. The number of esters is 1. The molecule has 9 nitrogen and oxygen atoms in total. The van der Waals surface area contributed by atoms with E-state index in [1.54, 1.807) is 0 Å². The van der Waals surface area contributed by atoms with E-state index in [1.807, 2.05) is 63.2 Å². The smallest absolute Gasteiger partial charge is 0.354 e. The monoisotopic (exact) mass is 556 g/mol. The Morgan fingerprint density at radius 3 is 2.42 bits per heavy atom. The highest BCUT2D eigenvalue weighted by Gasteiger charge is 2.52. The summed E-state index contributed by atoms with van der Waals surface area (Å²) in [4.78, 5) is 43.1. The Morgan fingerprint density at radius 2 is 1.83 bits per heavy atom. The molecule has 0 atom stereocenters.